The van der Waals surface area contributed by atoms with E-state index in [1.54, 1.807) is 0 Å². The van der Waals surface area contributed by atoms with E-state index in [1.807, 2.05) is 12.2 Å². The fourth-order valence-corrected chi connectivity index (χ4v) is 7.78. The molecule has 3 fully saturated rings. The summed E-state index contributed by atoms with van der Waals surface area (Å²) in [7, 11) is 0. The van der Waals surface area contributed by atoms with Crippen molar-refractivity contribution in [2.45, 2.75) is 110 Å². The van der Waals surface area contributed by atoms with Crippen molar-refractivity contribution in [3.05, 3.63) is 36.1 Å². The fourth-order valence-electron chi connectivity index (χ4n) is 7.78. The summed E-state index contributed by atoms with van der Waals surface area (Å²) >= 11 is 0. The van der Waals surface area contributed by atoms with Crippen LogP contribution in [0.5, 0.6) is 0 Å². The summed E-state index contributed by atoms with van der Waals surface area (Å²) in [5.41, 5.74) is 1.65. The van der Waals surface area contributed by atoms with Gasteiger partial charge in [0.2, 0.25) is 5.78 Å². The van der Waals surface area contributed by atoms with Gasteiger partial charge in [0.25, 0.3) is 0 Å². The molecule has 3 saturated carbocycles. The number of esters is 1. The molecule has 0 radical (unpaired) electrons. The Morgan fingerprint density at radius 2 is 1.82 bits per heavy atom. The second-order valence-corrected chi connectivity index (χ2v) is 11.7. The molecule has 0 N–H and O–H groups in total. The summed E-state index contributed by atoms with van der Waals surface area (Å²) in [5, 5.41) is 0. The van der Waals surface area contributed by atoms with Gasteiger partial charge in [0.05, 0.1) is 0 Å². The zero-order valence-electron chi connectivity index (χ0n) is 21.0. The molecular weight excluding hydrogens is 408 g/mol. The first-order valence-electron chi connectivity index (χ1n) is 13.7. The highest BCUT2D eigenvalue weighted by Crippen LogP contribution is 2.64. The summed E-state index contributed by atoms with van der Waals surface area (Å²) in [6, 6.07) is 0. The predicted molar refractivity (Wildman–Crippen MR) is 133 cm³/mol. The molecule has 0 aliphatic heterocycles. The minimum absolute atomic E-state index is 0.113. The largest absolute Gasteiger partial charge is 0.423 e. The molecule has 0 unspecified atom stereocenters. The van der Waals surface area contributed by atoms with E-state index in [0.29, 0.717) is 17.8 Å². The summed E-state index contributed by atoms with van der Waals surface area (Å²) in [6.45, 7) is 8.58. The van der Waals surface area contributed by atoms with Crippen LogP contribution in [0, 0.1) is 28.6 Å². The van der Waals surface area contributed by atoms with Crippen LogP contribution in [0.1, 0.15) is 110 Å². The molecule has 182 valence electrons. The molecule has 5 atom stereocenters. The zero-order chi connectivity index (χ0) is 23.5. The molecule has 0 spiro atoms. The van der Waals surface area contributed by atoms with Crippen LogP contribution in [0.4, 0.5) is 0 Å². The molecule has 33 heavy (non-hydrogen) atoms. The standard InChI is InChI=1S/C30H44O3/c1-4-5-6-7-8-9-10-11-14-28(32)33-27-21-30(3)22(20-26(27)31)15-16-23-24-13-12-18-29(24,2)19-17-25(23)30/h4,20-21,23-25H,1,5-19H2,2-3H3/t23-,24-,25-,29-,30-/m0/s1. The lowest BCUT2D eigenvalue weighted by Crippen LogP contribution is -2.48. The molecular formula is C30H44O3. The van der Waals surface area contributed by atoms with Gasteiger partial charge in [0.15, 0.2) is 5.76 Å². The predicted octanol–water partition coefficient (Wildman–Crippen LogP) is 7.86. The van der Waals surface area contributed by atoms with Crippen molar-refractivity contribution in [2.75, 3.05) is 0 Å². The summed E-state index contributed by atoms with van der Waals surface area (Å²) in [6.07, 6.45) is 22.9. The Kier molecular flexibility index (Phi) is 7.66. The number of carbonyl (C=O) groups is 2. The third-order valence-corrected chi connectivity index (χ3v) is 9.67. The number of rotatable bonds is 10. The zero-order valence-corrected chi connectivity index (χ0v) is 21.0. The fraction of sp³-hybridized carbons (Fsp3) is 0.733. The first-order valence-corrected chi connectivity index (χ1v) is 13.7. The number of hydrogen-bond acceptors (Lipinski definition) is 3. The van der Waals surface area contributed by atoms with Crippen molar-refractivity contribution in [1.29, 1.82) is 0 Å². The molecule has 4 aliphatic carbocycles. The Hall–Kier alpha value is -1.64. The monoisotopic (exact) mass is 452 g/mol. The van der Waals surface area contributed by atoms with Gasteiger partial charge in [-0.25, -0.2) is 0 Å². The van der Waals surface area contributed by atoms with Gasteiger partial charge < -0.3 is 4.74 Å². The van der Waals surface area contributed by atoms with Gasteiger partial charge in [-0.2, -0.15) is 0 Å². The Balaban J connectivity index is 1.34. The van der Waals surface area contributed by atoms with Crippen molar-refractivity contribution in [3.8, 4) is 0 Å². The number of fused-ring (bicyclic) bond motifs is 5. The lowest BCUT2D eigenvalue weighted by molar-refractivity contribution is -0.142. The number of hydrogen-bond donors (Lipinski definition) is 0. The number of allylic oxidation sites excluding steroid dienone is 4. The van der Waals surface area contributed by atoms with Gasteiger partial charge in [-0.15, -0.1) is 6.58 Å². The van der Waals surface area contributed by atoms with Gasteiger partial charge in [0, 0.05) is 11.8 Å². The summed E-state index contributed by atoms with van der Waals surface area (Å²) in [4.78, 5) is 25.3. The molecule has 3 nitrogen and oxygen atoms in total. The first kappa shape index (κ1) is 24.5. The number of carbonyl (C=O) groups excluding carboxylic acids is 2. The van der Waals surface area contributed by atoms with Crippen molar-refractivity contribution in [1.82, 2.24) is 0 Å². The van der Waals surface area contributed by atoms with Crippen LogP contribution in [0.25, 0.3) is 0 Å². The molecule has 0 heterocycles. The maximum absolute atomic E-state index is 12.8. The highest BCUT2D eigenvalue weighted by Gasteiger charge is 2.56. The molecule has 0 aromatic carbocycles. The SMILES string of the molecule is C=CCCCCCCCCC(=O)OC1=C[C@@]2(C)C(=CC1=O)CC[C@H]1[C@@H]3CCC[C@@]3(C)CC[C@@H]12. The Morgan fingerprint density at radius 3 is 2.61 bits per heavy atom. The first-order chi connectivity index (χ1) is 15.9. The average molecular weight is 453 g/mol. The molecule has 0 amide bonds. The Labute approximate surface area is 201 Å². The van der Waals surface area contributed by atoms with Crippen molar-refractivity contribution in [3.63, 3.8) is 0 Å². The van der Waals surface area contributed by atoms with E-state index >= 15 is 0 Å². The van der Waals surface area contributed by atoms with E-state index in [-0.39, 0.29) is 22.9 Å². The number of ketones is 1. The van der Waals surface area contributed by atoms with Crippen LogP contribution in [-0.4, -0.2) is 11.8 Å². The van der Waals surface area contributed by atoms with Crippen LogP contribution in [0.2, 0.25) is 0 Å². The lowest BCUT2D eigenvalue weighted by Gasteiger charge is -2.56. The van der Waals surface area contributed by atoms with Crippen molar-refractivity contribution < 1.29 is 14.3 Å². The molecule has 0 saturated heterocycles. The Morgan fingerprint density at radius 1 is 1.06 bits per heavy atom. The van der Waals surface area contributed by atoms with Crippen molar-refractivity contribution in [2.24, 2.45) is 28.6 Å². The molecule has 4 rings (SSSR count). The Bertz CT molecular complexity index is 820. The third-order valence-electron chi connectivity index (χ3n) is 9.67. The average Bonchev–Trinajstić information content (AvgIpc) is 3.18. The topological polar surface area (TPSA) is 43.4 Å². The van der Waals surface area contributed by atoms with E-state index < -0.39 is 0 Å². The van der Waals surface area contributed by atoms with Gasteiger partial charge in [-0.05, 0) is 93.1 Å². The molecule has 0 aromatic rings. The van der Waals surface area contributed by atoms with E-state index in [2.05, 4.69) is 26.5 Å². The molecule has 0 bridgehead atoms. The minimum Gasteiger partial charge on any atom is -0.423 e. The van der Waals surface area contributed by atoms with E-state index in [1.165, 1.54) is 63.4 Å². The molecule has 3 heteroatoms. The van der Waals surface area contributed by atoms with Crippen LogP contribution in [-0.2, 0) is 14.3 Å². The van der Waals surface area contributed by atoms with Gasteiger partial charge in [0.1, 0.15) is 0 Å². The second kappa shape index (κ2) is 10.3. The highest BCUT2D eigenvalue weighted by molar-refractivity contribution is 6.05. The highest BCUT2D eigenvalue weighted by atomic mass is 16.5. The number of ether oxygens (including phenoxy) is 1. The smallest absolute Gasteiger partial charge is 0.311 e. The number of unbranched alkanes of at least 4 members (excludes halogenated alkanes) is 6. The van der Waals surface area contributed by atoms with Crippen LogP contribution in [0.15, 0.2) is 36.1 Å². The molecule has 4 aliphatic rings. The van der Waals surface area contributed by atoms with Crippen LogP contribution in [0.3, 0.4) is 0 Å². The second-order valence-electron chi connectivity index (χ2n) is 11.7. The summed E-state index contributed by atoms with van der Waals surface area (Å²) in [5.74, 6) is 2.05. The van der Waals surface area contributed by atoms with Crippen LogP contribution >= 0.6 is 0 Å². The molecule has 0 aromatic heterocycles. The summed E-state index contributed by atoms with van der Waals surface area (Å²) < 4.78 is 5.68. The van der Waals surface area contributed by atoms with Gasteiger partial charge >= 0.3 is 5.97 Å². The third kappa shape index (κ3) is 5.08. The van der Waals surface area contributed by atoms with E-state index in [4.69, 9.17) is 4.74 Å². The van der Waals surface area contributed by atoms with Crippen LogP contribution < -0.4 is 0 Å². The minimum atomic E-state index is -0.249. The maximum Gasteiger partial charge on any atom is 0.311 e. The van der Waals surface area contributed by atoms with Gasteiger partial charge in [-0.1, -0.05) is 57.6 Å². The lowest BCUT2D eigenvalue weighted by atomic mass is 9.48. The quantitative estimate of drug-likeness (QED) is 0.192. The van der Waals surface area contributed by atoms with E-state index in [0.717, 1.165) is 43.9 Å². The normalized spacial score (nSPS) is 35.1. The van der Waals surface area contributed by atoms with Crippen molar-refractivity contribution >= 4 is 11.8 Å². The van der Waals surface area contributed by atoms with E-state index in [9.17, 15) is 9.59 Å². The van der Waals surface area contributed by atoms with Gasteiger partial charge in [-0.3, -0.25) is 9.59 Å². The maximum atomic E-state index is 12.8.